The van der Waals surface area contributed by atoms with Crippen LogP contribution in [-0.4, -0.2) is 66.3 Å². The summed E-state index contributed by atoms with van der Waals surface area (Å²) in [6.45, 7) is 15.1. The number of ether oxygens (including phenoxy) is 1. The number of aldehydes is 1. The number of nitrogens with zero attached hydrogens (tertiary/aromatic N) is 4. The van der Waals surface area contributed by atoms with Crippen LogP contribution in [0.3, 0.4) is 0 Å². The van der Waals surface area contributed by atoms with Crippen molar-refractivity contribution in [3.8, 4) is 5.75 Å². The van der Waals surface area contributed by atoms with Gasteiger partial charge in [-0.25, -0.2) is 8.79 Å². The standard InChI is InChI=1S/C24H31FN4O2S/c1-5-21-23(31-22-7-6-18(16-30)14-20(22)25)10-13-29(21)19-8-11-28(12-9-19)24(32-26-4)27-15-17(2)3/h6-7,14,16-17,19,23H,1,4,8-13,15H2,2-3H3. The molecule has 0 bridgehead atoms. The fourth-order valence-electron chi connectivity index (χ4n) is 4.12. The minimum Gasteiger partial charge on any atom is -0.480 e. The van der Waals surface area contributed by atoms with Gasteiger partial charge < -0.3 is 14.5 Å². The number of aliphatic imine (C=N–C) groups is 1. The number of rotatable bonds is 7. The van der Waals surface area contributed by atoms with Gasteiger partial charge in [-0.3, -0.25) is 9.79 Å². The molecule has 2 aliphatic rings. The first-order valence-corrected chi connectivity index (χ1v) is 11.7. The summed E-state index contributed by atoms with van der Waals surface area (Å²) in [5.74, 6) is 0.102. The van der Waals surface area contributed by atoms with Crippen molar-refractivity contribution in [2.45, 2.75) is 45.3 Å². The second-order valence-corrected chi connectivity index (χ2v) is 9.22. The lowest BCUT2D eigenvalue weighted by Gasteiger charge is -2.38. The highest BCUT2D eigenvalue weighted by Crippen LogP contribution is 2.32. The monoisotopic (exact) mass is 458 g/mol. The summed E-state index contributed by atoms with van der Waals surface area (Å²) < 4.78 is 24.2. The molecule has 1 aromatic carbocycles. The van der Waals surface area contributed by atoms with Crippen LogP contribution in [0.2, 0.25) is 0 Å². The van der Waals surface area contributed by atoms with Crippen LogP contribution < -0.4 is 4.74 Å². The molecule has 1 aromatic rings. The van der Waals surface area contributed by atoms with E-state index in [0.717, 1.165) is 56.3 Å². The Labute approximate surface area is 194 Å². The van der Waals surface area contributed by atoms with Gasteiger partial charge in [-0.15, -0.1) is 5.73 Å². The number of hydrogen-bond acceptors (Lipinski definition) is 6. The van der Waals surface area contributed by atoms with E-state index in [4.69, 9.17) is 9.73 Å². The van der Waals surface area contributed by atoms with E-state index in [1.807, 2.05) is 0 Å². The van der Waals surface area contributed by atoms with Gasteiger partial charge in [0.1, 0.15) is 12.4 Å². The number of hydrogen-bond donors (Lipinski definition) is 0. The third kappa shape index (κ3) is 5.81. The maximum atomic E-state index is 14.3. The Morgan fingerprint density at radius 2 is 2.09 bits per heavy atom. The molecular weight excluding hydrogens is 427 g/mol. The second-order valence-electron chi connectivity index (χ2n) is 8.41. The normalized spacial score (nSPS) is 19.9. The first kappa shape index (κ1) is 24.1. The highest BCUT2D eigenvalue weighted by molar-refractivity contribution is 8.12. The van der Waals surface area contributed by atoms with Gasteiger partial charge in [0.25, 0.3) is 0 Å². The summed E-state index contributed by atoms with van der Waals surface area (Å²) in [6, 6.07) is 4.60. The molecule has 1 atom stereocenters. The highest BCUT2D eigenvalue weighted by Gasteiger charge is 2.36. The lowest BCUT2D eigenvalue weighted by molar-refractivity contribution is 0.112. The van der Waals surface area contributed by atoms with E-state index < -0.39 is 5.82 Å². The molecule has 0 spiro atoms. The molecule has 0 aliphatic carbocycles. The van der Waals surface area contributed by atoms with E-state index >= 15 is 0 Å². The average Bonchev–Trinajstić information content (AvgIpc) is 3.20. The van der Waals surface area contributed by atoms with E-state index in [2.05, 4.69) is 47.1 Å². The maximum absolute atomic E-state index is 14.3. The van der Waals surface area contributed by atoms with Crippen LogP contribution in [0.25, 0.3) is 0 Å². The van der Waals surface area contributed by atoms with Crippen molar-refractivity contribution in [1.29, 1.82) is 0 Å². The molecule has 0 aromatic heterocycles. The van der Waals surface area contributed by atoms with Gasteiger partial charge in [-0.2, -0.15) is 0 Å². The zero-order chi connectivity index (χ0) is 23.1. The molecule has 6 nitrogen and oxygen atoms in total. The number of halogens is 1. The number of amidine groups is 1. The first-order valence-electron chi connectivity index (χ1n) is 11.0. The Balaban J connectivity index is 1.62. The van der Waals surface area contributed by atoms with E-state index in [9.17, 15) is 9.18 Å². The number of piperidine rings is 1. The molecule has 1 unspecified atom stereocenters. The molecule has 0 amide bonds. The molecule has 3 rings (SSSR count). The van der Waals surface area contributed by atoms with E-state index in [-0.39, 0.29) is 17.4 Å². The van der Waals surface area contributed by atoms with Crippen molar-refractivity contribution in [1.82, 2.24) is 9.80 Å². The molecule has 32 heavy (non-hydrogen) atoms. The van der Waals surface area contributed by atoms with E-state index in [0.29, 0.717) is 18.2 Å². The lowest BCUT2D eigenvalue weighted by atomic mass is 10.0. The molecule has 2 aliphatic heterocycles. The molecule has 8 heteroatoms. The van der Waals surface area contributed by atoms with Gasteiger partial charge in [-0.1, -0.05) is 20.4 Å². The van der Waals surface area contributed by atoms with E-state index in [1.54, 1.807) is 6.07 Å². The second kappa shape index (κ2) is 11.3. The van der Waals surface area contributed by atoms with Crippen molar-refractivity contribution < 1.29 is 13.9 Å². The van der Waals surface area contributed by atoms with Gasteiger partial charge in [0.15, 0.2) is 16.7 Å². The summed E-state index contributed by atoms with van der Waals surface area (Å²) in [4.78, 5) is 20.1. The molecule has 2 saturated heterocycles. The predicted molar refractivity (Wildman–Crippen MR) is 129 cm³/mol. The zero-order valence-electron chi connectivity index (χ0n) is 18.8. The van der Waals surface area contributed by atoms with Crippen LogP contribution in [0.5, 0.6) is 5.75 Å². The fourth-order valence-corrected chi connectivity index (χ4v) is 4.67. The lowest BCUT2D eigenvalue weighted by Crippen LogP contribution is -2.45. The smallest absolute Gasteiger partial charge is 0.182 e. The number of carbonyl (C=O) groups is 1. The van der Waals surface area contributed by atoms with Gasteiger partial charge in [0, 0.05) is 56.2 Å². The van der Waals surface area contributed by atoms with Gasteiger partial charge in [-0.05, 0) is 43.7 Å². The maximum Gasteiger partial charge on any atom is 0.182 e. The molecule has 0 radical (unpaired) electrons. The summed E-state index contributed by atoms with van der Waals surface area (Å²) >= 11 is 1.34. The molecule has 2 heterocycles. The molecule has 2 fully saturated rings. The quantitative estimate of drug-likeness (QED) is 0.197. The SMILES string of the molecule is C=C=C1C(Oc2ccc(C=O)cc2F)CCN1C1CCN(C(=NCC(C)C)SN=C)CC1. The average molecular weight is 459 g/mol. The number of carbonyl (C=O) groups excluding carboxylic acids is 1. The number of likely N-dealkylation sites (tertiary alicyclic amines) is 2. The topological polar surface area (TPSA) is 57.5 Å². The van der Waals surface area contributed by atoms with Crippen molar-refractivity contribution in [2.75, 3.05) is 26.2 Å². The summed E-state index contributed by atoms with van der Waals surface area (Å²) in [6.07, 6.45) is 3.00. The number of benzene rings is 1. The largest absolute Gasteiger partial charge is 0.480 e. The highest BCUT2D eigenvalue weighted by atomic mass is 32.2. The minimum atomic E-state index is -0.536. The Morgan fingerprint density at radius 1 is 1.34 bits per heavy atom. The molecule has 0 saturated carbocycles. The fraction of sp³-hybridized carbons (Fsp3) is 0.500. The third-order valence-electron chi connectivity index (χ3n) is 5.70. The molecular formula is C24H31FN4O2S. The Bertz CT molecular complexity index is 905. The molecule has 172 valence electrons. The zero-order valence-corrected chi connectivity index (χ0v) is 19.6. The van der Waals surface area contributed by atoms with Crippen molar-refractivity contribution in [3.63, 3.8) is 0 Å². The Morgan fingerprint density at radius 3 is 2.69 bits per heavy atom. The Kier molecular flexibility index (Phi) is 8.53. The van der Waals surface area contributed by atoms with Crippen LogP contribution in [0.1, 0.15) is 43.5 Å². The van der Waals surface area contributed by atoms with Crippen molar-refractivity contribution in [2.24, 2.45) is 15.3 Å². The summed E-state index contributed by atoms with van der Waals surface area (Å²) in [7, 11) is 0. The van der Waals surface area contributed by atoms with Gasteiger partial charge >= 0.3 is 0 Å². The van der Waals surface area contributed by atoms with Crippen LogP contribution in [0.15, 0.2) is 45.6 Å². The minimum absolute atomic E-state index is 0.143. The predicted octanol–water partition coefficient (Wildman–Crippen LogP) is 4.59. The first-order chi connectivity index (χ1) is 15.5. The third-order valence-corrected chi connectivity index (χ3v) is 6.38. The Hall–Kier alpha value is -2.57. The van der Waals surface area contributed by atoms with Crippen LogP contribution >= 0.6 is 11.9 Å². The van der Waals surface area contributed by atoms with Crippen LogP contribution in [-0.2, 0) is 0 Å². The van der Waals surface area contributed by atoms with E-state index in [1.165, 1.54) is 24.1 Å². The van der Waals surface area contributed by atoms with Gasteiger partial charge in [0.05, 0.1) is 5.70 Å². The van der Waals surface area contributed by atoms with Crippen molar-refractivity contribution >= 4 is 30.1 Å². The van der Waals surface area contributed by atoms with Crippen LogP contribution in [0.4, 0.5) is 4.39 Å². The van der Waals surface area contributed by atoms with Crippen molar-refractivity contribution in [3.05, 3.63) is 47.6 Å². The summed E-state index contributed by atoms with van der Waals surface area (Å²) in [5.41, 5.74) is 4.20. The van der Waals surface area contributed by atoms with Gasteiger partial charge in [0.2, 0.25) is 0 Å². The summed E-state index contributed by atoms with van der Waals surface area (Å²) in [5, 5.41) is 0.934. The molecule has 0 N–H and O–H groups in total. The van der Waals surface area contributed by atoms with Crippen LogP contribution in [0, 0.1) is 11.7 Å².